The van der Waals surface area contributed by atoms with Crippen LogP contribution in [-0.4, -0.2) is 22.2 Å². The first-order valence-corrected chi connectivity index (χ1v) is 7.56. The Balaban J connectivity index is 1.88. The van der Waals surface area contributed by atoms with E-state index in [2.05, 4.69) is 17.6 Å². The van der Waals surface area contributed by atoms with Crippen LogP contribution >= 0.6 is 24.0 Å². The zero-order valence-electron chi connectivity index (χ0n) is 10.8. The summed E-state index contributed by atoms with van der Waals surface area (Å²) in [6.45, 7) is 1.79. The molecule has 20 heavy (non-hydrogen) atoms. The third-order valence-corrected chi connectivity index (χ3v) is 4.53. The lowest BCUT2D eigenvalue weighted by molar-refractivity contribution is -0.145. The summed E-state index contributed by atoms with van der Waals surface area (Å²) in [6.07, 6.45) is 0.444. The number of benzene rings is 1. The van der Waals surface area contributed by atoms with Crippen LogP contribution in [0.5, 0.6) is 5.75 Å². The molecule has 0 spiro atoms. The maximum absolute atomic E-state index is 11.0. The molecule has 6 heteroatoms. The molecular formula is C14H13NO3S2. The minimum absolute atomic E-state index is 0.435. The molecule has 0 radical (unpaired) electrons. The maximum Gasteiger partial charge on any atom is 0.344 e. The SMILES string of the molecule is CCC(Oc1ccc2c(c1)Cc1sc(S)nc1-2)C(=O)O. The number of nitrogens with zero attached hydrogens (tertiary/aromatic N) is 1. The van der Waals surface area contributed by atoms with Crippen LogP contribution in [0.2, 0.25) is 0 Å². The Bertz CT molecular complexity index is 681. The highest BCUT2D eigenvalue weighted by Gasteiger charge is 2.24. The quantitative estimate of drug-likeness (QED) is 0.726. The van der Waals surface area contributed by atoms with Crippen molar-refractivity contribution in [2.75, 3.05) is 0 Å². The number of aromatic nitrogens is 1. The second kappa shape index (κ2) is 5.10. The first kappa shape index (κ1) is 13.5. The number of carboxylic acids is 1. The third-order valence-electron chi connectivity index (χ3n) is 3.29. The zero-order valence-corrected chi connectivity index (χ0v) is 12.5. The second-order valence-corrected chi connectivity index (χ2v) is 6.43. The molecule has 1 N–H and O–H groups in total. The molecule has 3 rings (SSSR count). The molecule has 1 unspecified atom stereocenters. The van der Waals surface area contributed by atoms with Crippen molar-refractivity contribution in [1.82, 2.24) is 4.98 Å². The molecule has 104 valence electrons. The lowest BCUT2D eigenvalue weighted by atomic mass is 10.1. The van der Waals surface area contributed by atoms with Crippen molar-refractivity contribution in [3.63, 3.8) is 0 Å². The summed E-state index contributed by atoms with van der Waals surface area (Å²) in [6, 6.07) is 5.66. The van der Waals surface area contributed by atoms with Gasteiger partial charge in [0.25, 0.3) is 0 Å². The number of carbonyl (C=O) groups is 1. The highest BCUT2D eigenvalue weighted by Crippen LogP contribution is 2.41. The summed E-state index contributed by atoms with van der Waals surface area (Å²) in [5, 5.41) is 9.03. The van der Waals surface area contributed by atoms with Gasteiger partial charge in [-0.1, -0.05) is 6.92 Å². The molecule has 0 amide bonds. The van der Waals surface area contributed by atoms with Gasteiger partial charge in [0, 0.05) is 16.9 Å². The van der Waals surface area contributed by atoms with Crippen LogP contribution in [-0.2, 0) is 11.2 Å². The number of carboxylic acid groups (broad SMARTS) is 1. The van der Waals surface area contributed by atoms with E-state index in [1.54, 1.807) is 24.3 Å². The lowest BCUT2D eigenvalue weighted by Gasteiger charge is -2.14. The number of hydrogen-bond acceptors (Lipinski definition) is 5. The maximum atomic E-state index is 11.0. The van der Waals surface area contributed by atoms with Crippen LogP contribution in [0.4, 0.5) is 0 Å². The minimum Gasteiger partial charge on any atom is -0.479 e. The molecular weight excluding hydrogens is 294 g/mol. The molecule has 1 aliphatic rings. The van der Waals surface area contributed by atoms with Gasteiger partial charge in [-0.25, -0.2) is 9.78 Å². The van der Waals surface area contributed by atoms with E-state index in [1.807, 2.05) is 12.1 Å². The normalized spacial score (nSPS) is 13.7. The molecule has 1 aromatic heterocycles. The molecule has 0 saturated carbocycles. The van der Waals surface area contributed by atoms with E-state index < -0.39 is 12.1 Å². The molecule has 1 aromatic carbocycles. The van der Waals surface area contributed by atoms with Crippen LogP contribution in [0.15, 0.2) is 22.5 Å². The van der Waals surface area contributed by atoms with Crippen molar-refractivity contribution in [2.45, 2.75) is 30.2 Å². The monoisotopic (exact) mass is 307 g/mol. The highest BCUT2D eigenvalue weighted by atomic mass is 32.2. The number of aliphatic carboxylic acids is 1. The molecule has 1 aliphatic carbocycles. The summed E-state index contributed by atoms with van der Waals surface area (Å²) in [5.41, 5.74) is 3.21. The van der Waals surface area contributed by atoms with Crippen molar-refractivity contribution in [1.29, 1.82) is 0 Å². The molecule has 1 heterocycles. The Kier molecular flexibility index (Phi) is 3.43. The van der Waals surface area contributed by atoms with Crippen LogP contribution in [0.25, 0.3) is 11.3 Å². The number of ether oxygens (including phenoxy) is 1. The van der Waals surface area contributed by atoms with E-state index >= 15 is 0 Å². The first-order valence-electron chi connectivity index (χ1n) is 6.30. The van der Waals surface area contributed by atoms with Gasteiger partial charge in [0.2, 0.25) is 0 Å². The standard InChI is InChI=1S/C14H13NO3S2/c1-2-10(13(16)17)18-8-3-4-9-7(5-8)6-11-12(9)15-14(19)20-11/h3-5,10H,2,6H2,1H3,(H,15,19)(H,16,17). The van der Waals surface area contributed by atoms with Crippen LogP contribution in [0, 0.1) is 0 Å². The summed E-state index contributed by atoms with van der Waals surface area (Å²) < 4.78 is 6.29. The van der Waals surface area contributed by atoms with Crippen molar-refractivity contribution < 1.29 is 14.6 Å². The minimum atomic E-state index is -0.937. The fourth-order valence-electron chi connectivity index (χ4n) is 2.34. The number of fused-ring (bicyclic) bond motifs is 3. The Morgan fingerprint density at radius 3 is 3.10 bits per heavy atom. The van der Waals surface area contributed by atoms with E-state index in [4.69, 9.17) is 9.84 Å². The van der Waals surface area contributed by atoms with Gasteiger partial charge in [0.05, 0.1) is 5.69 Å². The third kappa shape index (κ3) is 2.29. The van der Waals surface area contributed by atoms with Gasteiger partial charge in [0.1, 0.15) is 10.1 Å². The summed E-state index contributed by atoms with van der Waals surface area (Å²) in [7, 11) is 0. The Labute approximate surface area is 125 Å². The largest absolute Gasteiger partial charge is 0.479 e. The fourth-order valence-corrected chi connectivity index (χ4v) is 3.60. The number of thiazole rings is 1. The van der Waals surface area contributed by atoms with E-state index in [1.165, 1.54) is 4.88 Å². The predicted molar refractivity (Wildman–Crippen MR) is 80.0 cm³/mol. The Morgan fingerprint density at radius 1 is 1.60 bits per heavy atom. The molecule has 2 aromatic rings. The van der Waals surface area contributed by atoms with Crippen molar-refractivity contribution in [2.24, 2.45) is 0 Å². The number of rotatable bonds is 4. The van der Waals surface area contributed by atoms with Crippen LogP contribution in [0.3, 0.4) is 0 Å². The summed E-state index contributed by atoms with van der Waals surface area (Å²) in [4.78, 5) is 16.6. The topological polar surface area (TPSA) is 59.4 Å². The second-order valence-electron chi connectivity index (χ2n) is 4.62. The molecule has 0 bridgehead atoms. The molecule has 0 saturated heterocycles. The Hall–Kier alpha value is -1.53. The van der Waals surface area contributed by atoms with Gasteiger partial charge in [-0.05, 0) is 30.2 Å². The lowest BCUT2D eigenvalue weighted by Crippen LogP contribution is -2.25. The zero-order chi connectivity index (χ0) is 14.3. The van der Waals surface area contributed by atoms with Gasteiger partial charge in [-0.15, -0.1) is 24.0 Å². The Morgan fingerprint density at radius 2 is 2.40 bits per heavy atom. The van der Waals surface area contributed by atoms with Gasteiger partial charge >= 0.3 is 5.97 Å². The van der Waals surface area contributed by atoms with Gasteiger partial charge < -0.3 is 9.84 Å². The van der Waals surface area contributed by atoms with E-state index in [9.17, 15) is 4.79 Å². The van der Waals surface area contributed by atoms with E-state index in [0.29, 0.717) is 12.2 Å². The highest BCUT2D eigenvalue weighted by molar-refractivity contribution is 7.82. The van der Waals surface area contributed by atoms with E-state index in [-0.39, 0.29) is 0 Å². The molecule has 0 fully saturated rings. The van der Waals surface area contributed by atoms with Gasteiger partial charge in [0.15, 0.2) is 6.10 Å². The predicted octanol–water partition coefficient (Wildman–Crippen LogP) is 3.25. The van der Waals surface area contributed by atoms with Crippen LogP contribution < -0.4 is 4.74 Å². The average molecular weight is 307 g/mol. The molecule has 0 aliphatic heterocycles. The van der Waals surface area contributed by atoms with Gasteiger partial charge in [-0.2, -0.15) is 0 Å². The number of hydrogen-bond donors (Lipinski definition) is 2. The van der Waals surface area contributed by atoms with E-state index in [0.717, 1.165) is 27.6 Å². The molecule has 4 nitrogen and oxygen atoms in total. The van der Waals surface area contributed by atoms with Crippen LogP contribution in [0.1, 0.15) is 23.8 Å². The summed E-state index contributed by atoms with van der Waals surface area (Å²) in [5.74, 6) is -0.340. The number of thiol groups is 1. The smallest absolute Gasteiger partial charge is 0.344 e. The van der Waals surface area contributed by atoms with Crippen molar-refractivity contribution in [3.05, 3.63) is 28.6 Å². The summed E-state index contributed by atoms with van der Waals surface area (Å²) >= 11 is 5.85. The van der Waals surface area contributed by atoms with Gasteiger partial charge in [-0.3, -0.25) is 0 Å². The van der Waals surface area contributed by atoms with Crippen molar-refractivity contribution >= 4 is 29.9 Å². The first-order chi connectivity index (χ1) is 9.58. The fraction of sp³-hybridized carbons (Fsp3) is 0.286. The van der Waals surface area contributed by atoms with Crippen molar-refractivity contribution in [3.8, 4) is 17.0 Å². The average Bonchev–Trinajstić information content (AvgIpc) is 2.90. The molecule has 1 atom stereocenters.